The van der Waals surface area contributed by atoms with Gasteiger partial charge in [-0.25, -0.2) is 4.39 Å². The molecule has 0 aliphatic carbocycles. The highest BCUT2D eigenvalue weighted by Gasteiger charge is 2.37. The number of nitrogens with zero attached hydrogens (tertiary/aromatic N) is 2. The first-order chi connectivity index (χ1) is 12.8. The first-order valence-electron chi connectivity index (χ1n) is 9.33. The molecule has 2 aliphatic rings. The van der Waals surface area contributed by atoms with Crippen molar-refractivity contribution in [2.45, 2.75) is 37.9 Å². The van der Waals surface area contributed by atoms with E-state index in [4.69, 9.17) is 0 Å². The lowest BCUT2D eigenvalue weighted by Gasteiger charge is -2.34. The van der Waals surface area contributed by atoms with Crippen LogP contribution in [0.15, 0.2) is 66.9 Å². The van der Waals surface area contributed by atoms with Gasteiger partial charge in [0.05, 0.1) is 5.52 Å². The molecular formula is C23H21FN2. The lowest BCUT2D eigenvalue weighted by Crippen LogP contribution is -2.37. The highest BCUT2D eigenvalue weighted by Crippen LogP contribution is 2.40. The van der Waals surface area contributed by atoms with Crippen LogP contribution in [0, 0.1) is 5.82 Å². The summed E-state index contributed by atoms with van der Waals surface area (Å²) in [5.74, 6) is -0.154. The van der Waals surface area contributed by atoms with Crippen molar-refractivity contribution in [1.82, 2.24) is 9.88 Å². The molecule has 1 fully saturated rings. The van der Waals surface area contributed by atoms with Crippen molar-refractivity contribution in [2.75, 3.05) is 0 Å². The summed E-state index contributed by atoms with van der Waals surface area (Å²) in [5, 5.41) is 1.00. The SMILES string of the molecule is Fc1cc2ncccc2cc1C1=CC2CCC(C1)N2Cc1ccccc1. The van der Waals surface area contributed by atoms with Crippen molar-refractivity contribution in [1.29, 1.82) is 0 Å². The van der Waals surface area contributed by atoms with Crippen LogP contribution < -0.4 is 0 Å². The van der Waals surface area contributed by atoms with Gasteiger partial charge in [-0.2, -0.15) is 0 Å². The summed E-state index contributed by atoms with van der Waals surface area (Å²) < 4.78 is 14.7. The fraction of sp³-hybridized carbons (Fsp3) is 0.261. The zero-order chi connectivity index (χ0) is 17.5. The van der Waals surface area contributed by atoms with E-state index >= 15 is 0 Å². The Morgan fingerprint density at radius 3 is 2.77 bits per heavy atom. The van der Waals surface area contributed by atoms with Gasteiger partial charge in [-0.15, -0.1) is 0 Å². The number of hydrogen-bond donors (Lipinski definition) is 0. The molecule has 3 aromatic rings. The summed E-state index contributed by atoms with van der Waals surface area (Å²) in [6, 6.07) is 19.0. The molecular weight excluding hydrogens is 323 g/mol. The summed E-state index contributed by atoms with van der Waals surface area (Å²) in [6.07, 6.45) is 7.29. The van der Waals surface area contributed by atoms with Crippen LogP contribution in [-0.4, -0.2) is 22.0 Å². The van der Waals surface area contributed by atoms with Gasteiger partial charge in [0, 0.05) is 41.8 Å². The number of hydrogen-bond acceptors (Lipinski definition) is 2. The number of benzene rings is 2. The molecule has 0 radical (unpaired) electrons. The molecule has 0 spiro atoms. The second kappa shape index (κ2) is 6.33. The maximum atomic E-state index is 14.7. The van der Waals surface area contributed by atoms with Crippen LogP contribution in [0.5, 0.6) is 0 Å². The van der Waals surface area contributed by atoms with E-state index in [1.807, 2.05) is 18.2 Å². The molecule has 130 valence electrons. The third kappa shape index (κ3) is 2.73. The average Bonchev–Trinajstić information content (AvgIpc) is 2.90. The fourth-order valence-corrected chi connectivity index (χ4v) is 4.50. The minimum absolute atomic E-state index is 0.154. The maximum absolute atomic E-state index is 14.7. The third-order valence-corrected chi connectivity index (χ3v) is 5.79. The predicted molar refractivity (Wildman–Crippen MR) is 103 cm³/mol. The topological polar surface area (TPSA) is 16.1 Å². The number of fused-ring (bicyclic) bond motifs is 3. The number of halogens is 1. The van der Waals surface area contributed by atoms with Crippen molar-refractivity contribution in [3.05, 3.63) is 83.8 Å². The van der Waals surface area contributed by atoms with E-state index in [0.717, 1.165) is 41.4 Å². The van der Waals surface area contributed by atoms with E-state index in [9.17, 15) is 4.39 Å². The molecule has 2 unspecified atom stereocenters. The van der Waals surface area contributed by atoms with Crippen molar-refractivity contribution in [2.24, 2.45) is 0 Å². The molecule has 3 heterocycles. The van der Waals surface area contributed by atoms with E-state index in [2.05, 4.69) is 46.3 Å². The highest BCUT2D eigenvalue weighted by molar-refractivity contribution is 5.84. The molecule has 2 bridgehead atoms. The van der Waals surface area contributed by atoms with Gasteiger partial charge in [-0.05, 0) is 42.5 Å². The Kier molecular flexibility index (Phi) is 3.83. The van der Waals surface area contributed by atoms with E-state index in [1.54, 1.807) is 12.3 Å². The zero-order valence-corrected chi connectivity index (χ0v) is 14.6. The van der Waals surface area contributed by atoms with Gasteiger partial charge >= 0.3 is 0 Å². The first-order valence-corrected chi connectivity index (χ1v) is 9.33. The Morgan fingerprint density at radius 1 is 1.04 bits per heavy atom. The van der Waals surface area contributed by atoms with Crippen LogP contribution >= 0.6 is 0 Å². The van der Waals surface area contributed by atoms with Crippen LogP contribution in [0.2, 0.25) is 0 Å². The standard InChI is InChI=1S/C23H21FN2/c24-22-14-23-17(7-4-10-25-23)13-21(22)18-11-19-8-9-20(12-18)26(19)15-16-5-2-1-3-6-16/h1-7,10-11,13-14,19-20H,8-9,12,15H2. The summed E-state index contributed by atoms with van der Waals surface area (Å²) in [5.41, 5.74) is 3.98. The molecule has 2 nitrogen and oxygen atoms in total. The normalized spacial score (nSPS) is 22.6. The van der Waals surface area contributed by atoms with Gasteiger partial charge < -0.3 is 0 Å². The number of pyridine rings is 1. The zero-order valence-electron chi connectivity index (χ0n) is 14.6. The van der Waals surface area contributed by atoms with Crippen LogP contribution in [-0.2, 0) is 6.54 Å². The lowest BCUT2D eigenvalue weighted by atomic mass is 9.93. The van der Waals surface area contributed by atoms with E-state index in [0.29, 0.717) is 12.1 Å². The molecule has 26 heavy (non-hydrogen) atoms. The molecule has 3 heteroatoms. The Hall–Kier alpha value is -2.52. The predicted octanol–water partition coefficient (Wildman–Crippen LogP) is 5.19. The van der Waals surface area contributed by atoms with Crippen LogP contribution in [0.4, 0.5) is 4.39 Å². The number of aromatic nitrogens is 1. The summed E-state index contributed by atoms with van der Waals surface area (Å²) in [4.78, 5) is 6.84. The minimum Gasteiger partial charge on any atom is -0.289 e. The smallest absolute Gasteiger partial charge is 0.132 e. The largest absolute Gasteiger partial charge is 0.289 e. The fourth-order valence-electron chi connectivity index (χ4n) is 4.50. The second-order valence-corrected chi connectivity index (χ2v) is 7.38. The van der Waals surface area contributed by atoms with Gasteiger partial charge in [0.2, 0.25) is 0 Å². The van der Waals surface area contributed by atoms with Crippen LogP contribution in [0.1, 0.15) is 30.4 Å². The van der Waals surface area contributed by atoms with Gasteiger partial charge in [-0.3, -0.25) is 9.88 Å². The van der Waals surface area contributed by atoms with E-state index < -0.39 is 0 Å². The Labute approximate surface area is 153 Å². The van der Waals surface area contributed by atoms with Crippen molar-refractivity contribution in [3.8, 4) is 0 Å². The van der Waals surface area contributed by atoms with Gasteiger partial charge in [0.15, 0.2) is 0 Å². The summed E-state index contributed by atoms with van der Waals surface area (Å²) in [7, 11) is 0. The van der Waals surface area contributed by atoms with Crippen molar-refractivity contribution >= 4 is 16.5 Å². The van der Waals surface area contributed by atoms with Crippen LogP contribution in [0.25, 0.3) is 16.5 Å². The number of rotatable bonds is 3. The molecule has 0 saturated carbocycles. The van der Waals surface area contributed by atoms with Crippen molar-refractivity contribution < 1.29 is 4.39 Å². The van der Waals surface area contributed by atoms with Crippen molar-refractivity contribution in [3.63, 3.8) is 0 Å². The van der Waals surface area contributed by atoms with Gasteiger partial charge in [0.25, 0.3) is 0 Å². The quantitative estimate of drug-likeness (QED) is 0.650. The average molecular weight is 344 g/mol. The maximum Gasteiger partial charge on any atom is 0.132 e. The van der Waals surface area contributed by atoms with Crippen LogP contribution in [0.3, 0.4) is 0 Å². The molecule has 1 aromatic heterocycles. The van der Waals surface area contributed by atoms with Gasteiger partial charge in [-0.1, -0.05) is 42.5 Å². The highest BCUT2D eigenvalue weighted by atomic mass is 19.1. The molecule has 0 N–H and O–H groups in total. The summed E-state index contributed by atoms with van der Waals surface area (Å²) >= 11 is 0. The second-order valence-electron chi connectivity index (χ2n) is 7.38. The molecule has 1 saturated heterocycles. The molecule has 5 rings (SSSR count). The molecule has 2 aliphatic heterocycles. The Morgan fingerprint density at radius 2 is 1.92 bits per heavy atom. The monoisotopic (exact) mass is 344 g/mol. The minimum atomic E-state index is -0.154. The summed E-state index contributed by atoms with van der Waals surface area (Å²) in [6.45, 7) is 0.976. The van der Waals surface area contributed by atoms with E-state index in [1.165, 1.54) is 12.0 Å². The molecule has 0 amide bonds. The molecule has 2 atom stereocenters. The lowest BCUT2D eigenvalue weighted by molar-refractivity contribution is 0.203. The Balaban J connectivity index is 1.47. The molecule has 2 aromatic carbocycles. The first kappa shape index (κ1) is 15.7. The van der Waals surface area contributed by atoms with Gasteiger partial charge in [0.1, 0.15) is 5.82 Å². The third-order valence-electron chi connectivity index (χ3n) is 5.79. The Bertz CT molecular complexity index is 980. The van der Waals surface area contributed by atoms with E-state index in [-0.39, 0.29) is 5.82 Å².